The van der Waals surface area contributed by atoms with Gasteiger partial charge in [-0.2, -0.15) is 0 Å². The second-order valence-electron chi connectivity index (χ2n) is 3.43. The Kier molecular flexibility index (Phi) is 1.72. The maximum atomic E-state index is 5.56. The quantitative estimate of drug-likeness (QED) is 0.641. The fourth-order valence-electron chi connectivity index (χ4n) is 1.86. The van der Waals surface area contributed by atoms with Gasteiger partial charge in [-0.05, 0) is 12.6 Å². The van der Waals surface area contributed by atoms with Gasteiger partial charge < -0.3 is 5.73 Å². The molecule has 0 aliphatic rings. The maximum absolute atomic E-state index is 5.56. The molecule has 0 radical (unpaired) electrons. The van der Waals surface area contributed by atoms with Crippen molar-refractivity contribution in [2.24, 2.45) is 5.73 Å². The number of pyridine rings is 1. The third-order valence-corrected chi connectivity index (χ3v) is 2.48. The van der Waals surface area contributed by atoms with Crippen LogP contribution in [0.15, 0.2) is 24.5 Å². The molecule has 0 saturated carbocycles. The van der Waals surface area contributed by atoms with Crippen LogP contribution in [0.4, 0.5) is 0 Å². The second-order valence-corrected chi connectivity index (χ2v) is 3.43. The molecule has 0 unspecified atom stereocenters. The Morgan fingerprint density at radius 1 is 1.40 bits per heavy atom. The smallest absolute Gasteiger partial charge is 0.154 e. The van der Waals surface area contributed by atoms with Crippen LogP contribution in [0, 0.1) is 0 Å². The van der Waals surface area contributed by atoms with Crippen LogP contribution in [-0.2, 0) is 6.42 Å². The fraction of sp³-hybridized carbons (Fsp3) is 0.200. The minimum absolute atomic E-state index is 0.597. The molecule has 5 heteroatoms. The van der Waals surface area contributed by atoms with E-state index in [9.17, 15) is 0 Å². The second kappa shape index (κ2) is 3.06. The van der Waals surface area contributed by atoms with Gasteiger partial charge in [0.15, 0.2) is 5.65 Å². The Hall–Kier alpha value is -1.88. The highest BCUT2D eigenvalue weighted by molar-refractivity contribution is 5.81. The number of H-pyrrole nitrogens is 1. The lowest BCUT2D eigenvalue weighted by Crippen LogP contribution is -2.05. The van der Waals surface area contributed by atoms with Crippen molar-refractivity contribution in [1.29, 1.82) is 0 Å². The van der Waals surface area contributed by atoms with Crippen molar-refractivity contribution in [3.63, 3.8) is 0 Å². The molecule has 0 atom stereocenters. The Morgan fingerprint density at radius 2 is 2.33 bits per heavy atom. The first kappa shape index (κ1) is 8.43. The summed E-state index contributed by atoms with van der Waals surface area (Å²) in [7, 11) is 0. The zero-order valence-electron chi connectivity index (χ0n) is 8.14. The average Bonchev–Trinajstić information content (AvgIpc) is 2.77. The van der Waals surface area contributed by atoms with Crippen molar-refractivity contribution in [3.05, 3.63) is 30.2 Å². The zero-order valence-corrected chi connectivity index (χ0v) is 8.14. The van der Waals surface area contributed by atoms with Crippen molar-refractivity contribution < 1.29 is 0 Å². The number of aromatic nitrogens is 4. The predicted octanol–water partition coefficient (Wildman–Crippen LogP) is 0.712. The number of nitrogens with two attached hydrogens (primary N) is 1. The predicted molar refractivity (Wildman–Crippen MR) is 57.6 cm³/mol. The molecule has 0 spiro atoms. The summed E-state index contributed by atoms with van der Waals surface area (Å²) in [5.74, 6) is 0. The average molecular weight is 201 g/mol. The van der Waals surface area contributed by atoms with E-state index in [-0.39, 0.29) is 0 Å². The van der Waals surface area contributed by atoms with Crippen LogP contribution in [-0.4, -0.2) is 26.1 Å². The molecule has 0 fully saturated rings. The first-order chi connectivity index (χ1) is 7.40. The standard InChI is InChI=1S/C10H11N5/c11-4-1-7-10-8(2-5-12-7)14-9-3-6-13-15(9)10/h2-3,5-6,13H,1,4,11H2. The molecular weight excluding hydrogens is 190 g/mol. The van der Waals surface area contributed by atoms with Crippen molar-refractivity contribution in [3.8, 4) is 0 Å². The van der Waals surface area contributed by atoms with E-state index < -0.39 is 0 Å². The lowest BCUT2D eigenvalue weighted by atomic mass is 10.2. The van der Waals surface area contributed by atoms with E-state index in [0.717, 1.165) is 28.8 Å². The summed E-state index contributed by atoms with van der Waals surface area (Å²) in [5, 5.41) is 3.11. The van der Waals surface area contributed by atoms with Crippen LogP contribution in [0.1, 0.15) is 5.69 Å². The van der Waals surface area contributed by atoms with E-state index in [1.165, 1.54) is 0 Å². The van der Waals surface area contributed by atoms with Gasteiger partial charge in [-0.15, -0.1) is 0 Å². The Labute approximate surface area is 85.9 Å². The number of rotatable bonds is 2. The molecule has 3 N–H and O–H groups in total. The van der Waals surface area contributed by atoms with E-state index >= 15 is 0 Å². The molecule has 0 aliphatic carbocycles. The molecule has 0 saturated heterocycles. The first-order valence-electron chi connectivity index (χ1n) is 4.89. The van der Waals surface area contributed by atoms with Crippen LogP contribution in [0.2, 0.25) is 0 Å². The summed E-state index contributed by atoms with van der Waals surface area (Å²) in [4.78, 5) is 8.81. The van der Waals surface area contributed by atoms with Crippen LogP contribution < -0.4 is 5.73 Å². The molecule has 5 nitrogen and oxygen atoms in total. The molecule has 0 amide bonds. The van der Waals surface area contributed by atoms with Crippen molar-refractivity contribution in [2.45, 2.75) is 6.42 Å². The topological polar surface area (TPSA) is 72.0 Å². The molecule has 3 heterocycles. The lowest BCUT2D eigenvalue weighted by Gasteiger charge is -1.99. The summed E-state index contributed by atoms with van der Waals surface area (Å²) in [6, 6.07) is 3.85. The molecule has 3 aromatic heterocycles. The first-order valence-corrected chi connectivity index (χ1v) is 4.89. The summed E-state index contributed by atoms with van der Waals surface area (Å²) in [6.45, 7) is 0.597. The van der Waals surface area contributed by atoms with Crippen LogP contribution in [0.3, 0.4) is 0 Å². The van der Waals surface area contributed by atoms with Gasteiger partial charge in [0.2, 0.25) is 0 Å². The molecule has 0 aromatic carbocycles. The van der Waals surface area contributed by atoms with Gasteiger partial charge in [-0.3, -0.25) is 10.1 Å². The molecule has 0 aliphatic heterocycles. The zero-order chi connectivity index (χ0) is 10.3. The third kappa shape index (κ3) is 1.13. The highest BCUT2D eigenvalue weighted by Gasteiger charge is 2.09. The van der Waals surface area contributed by atoms with Crippen molar-refractivity contribution in [2.75, 3.05) is 6.54 Å². The molecule has 3 rings (SSSR count). The number of imidazole rings is 1. The van der Waals surface area contributed by atoms with E-state index in [4.69, 9.17) is 5.73 Å². The maximum Gasteiger partial charge on any atom is 0.154 e. The lowest BCUT2D eigenvalue weighted by molar-refractivity contribution is 0.913. The summed E-state index contributed by atoms with van der Waals surface area (Å²) in [6.07, 6.45) is 4.41. The molecular formula is C10H11N5. The Morgan fingerprint density at radius 3 is 3.20 bits per heavy atom. The van der Waals surface area contributed by atoms with E-state index in [2.05, 4.69) is 15.1 Å². The Balaban J connectivity index is 2.41. The number of nitrogens with zero attached hydrogens (tertiary/aromatic N) is 3. The van der Waals surface area contributed by atoms with Crippen molar-refractivity contribution in [1.82, 2.24) is 19.6 Å². The number of hydrogen-bond donors (Lipinski definition) is 2. The van der Waals surface area contributed by atoms with Crippen LogP contribution in [0.5, 0.6) is 0 Å². The monoisotopic (exact) mass is 201 g/mol. The number of nitrogens with one attached hydrogen (secondary N) is 1. The van der Waals surface area contributed by atoms with Gasteiger partial charge in [0.05, 0.1) is 11.2 Å². The van der Waals surface area contributed by atoms with Crippen LogP contribution in [0.25, 0.3) is 16.7 Å². The third-order valence-electron chi connectivity index (χ3n) is 2.48. The normalized spacial score (nSPS) is 11.5. The SMILES string of the molecule is NCCc1nccc2nc3cc[nH]n3c12. The Bertz CT molecular complexity index is 606. The molecule has 0 bridgehead atoms. The van der Waals surface area contributed by atoms with Crippen LogP contribution >= 0.6 is 0 Å². The molecule has 76 valence electrons. The number of hydrogen-bond acceptors (Lipinski definition) is 3. The van der Waals surface area contributed by atoms with Gasteiger partial charge in [0.25, 0.3) is 0 Å². The van der Waals surface area contributed by atoms with Gasteiger partial charge in [-0.25, -0.2) is 9.50 Å². The van der Waals surface area contributed by atoms with Gasteiger partial charge in [0.1, 0.15) is 5.52 Å². The number of fused-ring (bicyclic) bond motifs is 3. The summed E-state index contributed by atoms with van der Waals surface area (Å²) >= 11 is 0. The summed E-state index contributed by atoms with van der Waals surface area (Å²) in [5.41, 5.74) is 9.45. The van der Waals surface area contributed by atoms with Gasteiger partial charge in [0, 0.05) is 24.9 Å². The summed E-state index contributed by atoms with van der Waals surface area (Å²) < 4.78 is 1.94. The molecule has 15 heavy (non-hydrogen) atoms. The largest absolute Gasteiger partial charge is 0.330 e. The highest BCUT2D eigenvalue weighted by atomic mass is 15.3. The molecule has 3 aromatic rings. The van der Waals surface area contributed by atoms with E-state index in [0.29, 0.717) is 6.54 Å². The van der Waals surface area contributed by atoms with E-state index in [1.54, 1.807) is 6.20 Å². The highest BCUT2D eigenvalue weighted by Crippen LogP contribution is 2.18. The van der Waals surface area contributed by atoms with Gasteiger partial charge >= 0.3 is 0 Å². The minimum Gasteiger partial charge on any atom is -0.330 e. The van der Waals surface area contributed by atoms with Crippen molar-refractivity contribution >= 4 is 16.7 Å². The van der Waals surface area contributed by atoms with Gasteiger partial charge in [-0.1, -0.05) is 0 Å². The van der Waals surface area contributed by atoms with E-state index in [1.807, 2.05) is 22.8 Å². The number of aromatic amines is 1. The minimum atomic E-state index is 0.597. The fourth-order valence-corrected chi connectivity index (χ4v) is 1.86.